The van der Waals surface area contributed by atoms with Crippen LogP contribution in [-0.4, -0.2) is 51.9 Å². The lowest BCUT2D eigenvalue weighted by Crippen LogP contribution is -2.36. The van der Waals surface area contributed by atoms with Gasteiger partial charge in [-0.05, 0) is 6.92 Å². The number of hydrogen-bond acceptors (Lipinski definition) is 3. The van der Waals surface area contributed by atoms with Crippen molar-refractivity contribution >= 4 is 23.7 Å². The summed E-state index contributed by atoms with van der Waals surface area (Å²) >= 11 is 1.83. The Morgan fingerprint density at radius 1 is 1.60 bits per heavy atom. The summed E-state index contributed by atoms with van der Waals surface area (Å²) < 4.78 is 0. The van der Waals surface area contributed by atoms with Gasteiger partial charge >= 0.3 is 6.03 Å². The predicted molar refractivity (Wildman–Crippen MR) is 59.7 cm³/mol. The van der Waals surface area contributed by atoms with Gasteiger partial charge in [-0.25, -0.2) is 4.79 Å². The van der Waals surface area contributed by atoms with Gasteiger partial charge in [0.25, 0.3) is 5.91 Å². The molecule has 3 amide bonds. The van der Waals surface area contributed by atoms with Gasteiger partial charge in [-0.1, -0.05) is 6.08 Å². The molecule has 0 radical (unpaired) electrons. The minimum atomic E-state index is -0.307. The molecule has 0 bridgehead atoms. The van der Waals surface area contributed by atoms with Crippen molar-refractivity contribution in [2.24, 2.45) is 0 Å². The fourth-order valence-electron chi connectivity index (χ4n) is 1.70. The average molecular weight is 226 g/mol. The maximum atomic E-state index is 11.9. The van der Waals surface area contributed by atoms with Crippen LogP contribution in [0.5, 0.6) is 0 Å². The topological polar surface area (TPSA) is 40.6 Å². The molecule has 2 saturated heterocycles. The second kappa shape index (κ2) is 3.89. The molecule has 0 N–H and O–H groups in total. The van der Waals surface area contributed by atoms with Crippen molar-refractivity contribution in [1.82, 2.24) is 9.80 Å². The average Bonchev–Trinajstić information content (AvgIpc) is 3.00. The first-order valence-corrected chi connectivity index (χ1v) is 6.04. The molecule has 82 valence electrons. The molecular weight excluding hydrogens is 212 g/mol. The van der Waals surface area contributed by atoms with E-state index in [9.17, 15) is 9.59 Å². The zero-order valence-corrected chi connectivity index (χ0v) is 9.50. The van der Waals surface area contributed by atoms with Crippen LogP contribution in [0, 0.1) is 0 Å². The van der Waals surface area contributed by atoms with Crippen molar-refractivity contribution in [2.45, 2.75) is 18.2 Å². The van der Waals surface area contributed by atoms with Gasteiger partial charge < -0.3 is 4.90 Å². The van der Waals surface area contributed by atoms with Gasteiger partial charge in [0.2, 0.25) is 0 Å². The van der Waals surface area contributed by atoms with E-state index in [0.717, 1.165) is 5.75 Å². The molecule has 0 aliphatic carbocycles. The zero-order valence-electron chi connectivity index (χ0n) is 8.68. The summed E-state index contributed by atoms with van der Waals surface area (Å²) in [7, 11) is 0. The van der Waals surface area contributed by atoms with Crippen LogP contribution in [0.1, 0.15) is 6.92 Å². The lowest BCUT2D eigenvalue weighted by molar-refractivity contribution is -0.127. The van der Waals surface area contributed by atoms with Gasteiger partial charge in [-0.2, -0.15) is 11.8 Å². The highest BCUT2D eigenvalue weighted by atomic mass is 32.2. The first-order chi connectivity index (χ1) is 7.15. The van der Waals surface area contributed by atoms with Crippen LogP contribution in [0.15, 0.2) is 12.7 Å². The zero-order chi connectivity index (χ0) is 11.0. The number of rotatable bonds is 4. The lowest BCUT2D eigenvalue weighted by Gasteiger charge is -2.17. The Kier molecular flexibility index (Phi) is 2.73. The fourth-order valence-corrected chi connectivity index (χ4v) is 2.21. The van der Waals surface area contributed by atoms with Crippen molar-refractivity contribution in [2.75, 3.05) is 18.8 Å². The number of imide groups is 1. The first-order valence-electron chi connectivity index (χ1n) is 4.99. The molecule has 0 aromatic rings. The molecule has 2 unspecified atom stereocenters. The number of nitrogens with zero attached hydrogens (tertiary/aromatic N) is 2. The van der Waals surface area contributed by atoms with Gasteiger partial charge in [0, 0.05) is 24.1 Å². The fraction of sp³-hybridized carbons (Fsp3) is 0.600. The molecule has 2 rings (SSSR count). The third-order valence-electron chi connectivity index (χ3n) is 2.68. The maximum absolute atomic E-state index is 11.9. The molecule has 4 nitrogen and oxygen atoms in total. The van der Waals surface area contributed by atoms with E-state index < -0.39 is 0 Å². The van der Waals surface area contributed by atoms with Crippen LogP contribution in [0.3, 0.4) is 0 Å². The van der Waals surface area contributed by atoms with Crippen LogP contribution >= 0.6 is 11.8 Å². The number of carbonyl (C=O) groups excluding carboxylic acids is 2. The highest BCUT2D eigenvalue weighted by Gasteiger charge is 2.43. The van der Waals surface area contributed by atoms with Gasteiger partial charge in [-0.15, -0.1) is 6.58 Å². The molecule has 0 aromatic heterocycles. The summed E-state index contributed by atoms with van der Waals surface area (Å²) in [6.45, 7) is 6.35. The first kappa shape index (κ1) is 10.5. The molecule has 0 spiro atoms. The molecule has 2 heterocycles. The Hall–Kier alpha value is -0.970. The standard InChI is InChI=1S/C10H14N2O2S/c1-3-4-11-9(13)7(2)12(10(11)14)5-8-6-15-8/h3,7-8H,1,4-6H2,2H3. The van der Waals surface area contributed by atoms with Gasteiger partial charge in [0.15, 0.2) is 0 Å². The molecule has 2 aliphatic rings. The Bertz CT molecular complexity index is 315. The second-order valence-corrected chi connectivity index (χ2v) is 5.14. The minimum Gasteiger partial charge on any atom is -0.311 e. The summed E-state index contributed by atoms with van der Waals surface area (Å²) in [6, 6.07) is -0.474. The Morgan fingerprint density at radius 3 is 2.80 bits per heavy atom. The van der Waals surface area contributed by atoms with E-state index in [4.69, 9.17) is 0 Å². The normalized spacial score (nSPS) is 29.9. The van der Waals surface area contributed by atoms with Crippen LogP contribution in [0.2, 0.25) is 0 Å². The quantitative estimate of drug-likeness (QED) is 0.407. The summed E-state index contributed by atoms with van der Waals surface area (Å²) in [5, 5.41) is 0.535. The number of amides is 3. The molecule has 0 aromatic carbocycles. The van der Waals surface area contributed by atoms with Gasteiger partial charge in [0.05, 0.1) is 0 Å². The van der Waals surface area contributed by atoms with E-state index in [-0.39, 0.29) is 18.0 Å². The summed E-state index contributed by atoms with van der Waals surface area (Å²) in [4.78, 5) is 26.5. The molecule has 5 heteroatoms. The molecule has 2 aliphatic heterocycles. The minimum absolute atomic E-state index is 0.106. The predicted octanol–water partition coefficient (Wildman–Crippen LogP) is 0.940. The number of hydrogen-bond donors (Lipinski definition) is 0. The summed E-state index contributed by atoms with van der Waals surface area (Å²) in [5.41, 5.74) is 0. The van der Waals surface area contributed by atoms with E-state index >= 15 is 0 Å². The third-order valence-corrected chi connectivity index (χ3v) is 3.64. The van der Waals surface area contributed by atoms with Gasteiger partial charge in [0.1, 0.15) is 6.04 Å². The van der Waals surface area contributed by atoms with E-state index in [1.54, 1.807) is 17.9 Å². The van der Waals surface area contributed by atoms with Gasteiger partial charge in [-0.3, -0.25) is 9.69 Å². The molecule has 0 saturated carbocycles. The molecule has 2 atom stereocenters. The van der Waals surface area contributed by atoms with Crippen molar-refractivity contribution in [3.63, 3.8) is 0 Å². The number of urea groups is 1. The highest BCUT2D eigenvalue weighted by Crippen LogP contribution is 2.32. The van der Waals surface area contributed by atoms with E-state index in [1.165, 1.54) is 4.90 Å². The molecule has 2 fully saturated rings. The molecular formula is C10H14N2O2S. The van der Waals surface area contributed by atoms with E-state index in [0.29, 0.717) is 18.3 Å². The molecule has 15 heavy (non-hydrogen) atoms. The van der Waals surface area contributed by atoms with Crippen molar-refractivity contribution in [1.29, 1.82) is 0 Å². The number of thioether (sulfide) groups is 1. The van der Waals surface area contributed by atoms with Crippen molar-refractivity contribution in [3.05, 3.63) is 12.7 Å². The largest absolute Gasteiger partial charge is 0.327 e. The van der Waals surface area contributed by atoms with E-state index in [1.807, 2.05) is 11.8 Å². The third kappa shape index (κ3) is 1.88. The Balaban J connectivity index is 2.08. The summed E-state index contributed by atoms with van der Waals surface area (Å²) in [5.74, 6) is 0.997. The van der Waals surface area contributed by atoms with Crippen molar-refractivity contribution < 1.29 is 9.59 Å². The Morgan fingerprint density at radius 2 is 2.27 bits per heavy atom. The second-order valence-electron chi connectivity index (χ2n) is 3.80. The van der Waals surface area contributed by atoms with Crippen LogP contribution < -0.4 is 0 Å². The van der Waals surface area contributed by atoms with Crippen molar-refractivity contribution in [3.8, 4) is 0 Å². The maximum Gasteiger partial charge on any atom is 0.327 e. The Labute approximate surface area is 93.3 Å². The van der Waals surface area contributed by atoms with Crippen LogP contribution in [-0.2, 0) is 4.79 Å². The SMILES string of the molecule is C=CCN1C(=O)C(C)N(CC2CS2)C1=O. The summed E-state index contributed by atoms with van der Waals surface area (Å²) in [6.07, 6.45) is 1.58. The monoisotopic (exact) mass is 226 g/mol. The highest BCUT2D eigenvalue weighted by molar-refractivity contribution is 8.06. The van der Waals surface area contributed by atoms with Crippen LogP contribution in [0.25, 0.3) is 0 Å². The van der Waals surface area contributed by atoms with Crippen LogP contribution in [0.4, 0.5) is 4.79 Å². The van der Waals surface area contributed by atoms with E-state index in [2.05, 4.69) is 6.58 Å². The lowest BCUT2D eigenvalue weighted by atomic mass is 10.3. The number of carbonyl (C=O) groups is 2. The smallest absolute Gasteiger partial charge is 0.311 e.